The molecule has 0 spiro atoms. The van der Waals surface area contributed by atoms with Gasteiger partial charge in [0.2, 0.25) is 0 Å². The van der Waals surface area contributed by atoms with Crippen molar-refractivity contribution >= 4 is 7.82 Å². The summed E-state index contributed by atoms with van der Waals surface area (Å²) >= 11 is 0. The van der Waals surface area contributed by atoms with Gasteiger partial charge in [0.15, 0.2) is 6.10 Å². The Kier molecular flexibility index (Phi) is 2.36. The molecule has 0 aromatic rings. The fourth-order valence-electron chi connectivity index (χ4n) is 0.889. The van der Waals surface area contributed by atoms with E-state index in [4.69, 9.17) is 11.3 Å². The van der Waals surface area contributed by atoms with Crippen molar-refractivity contribution in [1.29, 1.82) is 0 Å². The van der Waals surface area contributed by atoms with E-state index in [1.807, 2.05) is 6.92 Å². The Balaban J connectivity index is 2.72. The molecule has 3 atom stereocenters. The Morgan fingerprint density at radius 2 is 2.36 bits per heavy atom. The monoisotopic (exact) mass is 176 g/mol. The van der Waals surface area contributed by atoms with Gasteiger partial charge < -0.3 is 4.89 Å². The molecule has 1 N–H and O–H groups in total. The first-order valence-corrected chi connectivity index (χ1v) is 4.74. The maximum absolute atomic E-state index is 10.8. The van der Waals surface area contributed by atoms with Gasteiger partial charge in [-0.2, -0.15) is 0 Å². The van der Waals surface area contributed by atoms with Gasteiger partial charge in [0, 0.05) is 0 Å². The van der Waals surface area contributed by atoms with E-state index in [2.05, 4.69) is 15.0 Å². The van der Waals surface area contributed by atoms with Crippen molar-refractivity contribution in [2.75, 3.05) is 0 Å². The molecule has 0 aliphatic carbocycles. The zero-order chi connectivity index (χ0) is 8.48. The quantitative estimate of drug-likeness (QED) is 0.476. The zero-order valence-electron chi connectivity index (χ0n) is 6.06. The summed E-state index contributed by atoms with van der Waals surface area (Å²) in [6, 6.07) is 0. The van der Waals surface area contributed by atoms with E-state index in [0.717, 1.165) is 0 Å². The van der Waals surface area contributed by atoms with E-state index in [1.54, 1.807) is 0 Å². The summed E-state index contributed by atoms with van der Waals surface area (Å²) in [6.07, 6.45) is 4.47. The van der Waals surface area contributed by atoms with Crippen molar-refractivity contribution < 1.29 is 18.5 Å². The topological polar surface area (TPSA) is 55.8 Å². The van der Waals surface area contributed by atoms with Gasteiger partial charge >= 0.3 is 7.82 Å². The van der Waals surface area contributed by atoms with Crippen LogP contribution in [0.2, 0.25) is 0 Å². The van der Waals surface area contributed by atoms with Gasteiger partial charge in [-0.05, 0) is 6.42 Å². The molecule has 4 nitrogen and oxygen atoms in total. The molecule has 0 amide bonds. The van der Waals surface area contributed by atoms with E-state index < -0.39 is 20.0 Å². The number of phosphoric acid groups is 1. The molecule has 62 valence electrons. The average Bonchev–Trinajstić information content (AvgIpc) is 2.25. The molecule has 0 aromatic heterocycles. The van der Waals surface area contributed by atoms with Crippen LogP contribution in [0.4, 0.5) is 0 Å². The Bertz CT molecular complexity index is 231. The van der Waals surface area contributed by atoms with Gasteiger partial charge in [-0.25, -0.2) is 4.57 Å². The largest absolute Gasteiger partial charge is 0.473 e. The molecule has 1 aliphatic heterocycles. The Labute approximate surface area is 65.1 Å². The van der Waals surface area contributed by atoms with Crippen LogP contribution in [0.25, 0.3) is 0 Å². The summed E-state index contributed by atoms with van der Waals surface area (Å²) in [7, 11) is -3.83. The molecule has 1 saturated heterocycles. The lowest BCUT2D eigenvalue weighted by molar-refractivity contribution is 0.190. The van der Waals surface area contributed by atoms with Crippen LogP contribution in [0.5, 0.6) is 0 Å². The Morgan fingerprint density at radius 3 is 2.73 bits per heavy atom. The molecule has 0 aromatic carbocycles. The second-order valence-corrected chi connectivity index (χ2v) is 3.57. The van der Waals surface area contributed by atoms with Crippen molar-refractivity contribution in [2.45, 2.75) is 25.6 Å². The maximum atomic E-state index is 10.8. The molecule has 0 bridgehead atoms. The fraction of sp³-hybridized carbons (Fsp3) is 0.667. The van der Waals surface area contributed by atoms with Gasteiger partial charge in [0.05, 0.1) is 0 Å². The highest BCUT2D eigenvalue weighted by Gasteiger charge is 2.41. The van der Waals surface area contributed by atoms with Crippen LogP contribution in [-0.2, 0) is 13.6 Å². The van der Waals surface area contributed by atoms with Gasteiger partial charge in [-0.15, -0.1) is 6.42 Å². The molecule has 1 rings (SSSR count). The third-order valence-corrected chi connectivity index (χ3v) is 2.45. The number of phosphoric ester groups is 1. The number of hydrogen-bond acceptors (Lipinski definition) is 3. The first-order valence-electron chi connectivity index (χ1n) is 3.25. The third kappa shape index (κ3) is 1.82. The molecule has 1 aliphatic rings. The number of rotatable bonds is 1. The van der Waals surface area contributed by atoms with Crippen LogP contribution in [0, 0.1) is 12.3 Å². The number of terminal acetylenes is 1. The minimum Gasteiger partial charge on any atom is -0.302 e. The first-order chi connectivity index (χ1) is 5.09. The van der Waals surface area contributed by atoms with E-state index in [9.17, 15) is 4.57 Å². The smallest absolute Gasteiger partial charge is 0.302 e. The van der Waals surface area contributed by atoms with Crippen molar-refractivity contribution in [2.24, 2.45) is 0 Å². The maximum Gasteiger partial charge on any atom is 0.473 e. The van der Waals surface area contributed by atoms with Crippen molar-refractivity contribution in [3.63, 3.8) is 0 Å². The van der Waals surface area contributed by atoms with Crippen LogP contribution in [0.1, 0.15) is 13.3 Å². The van der Waals surface area contributed by atoms with Crippen LogP contribution in [0.15, 0.2) is 0 Å². The lowest BCUT2D eigenvalue weighted by Crippen LogP contribution is -2.19. The predicted molar refractivity (Wildman–Crippen MR) is 38.7 cm³/mol. The SMILES string of the molecule is C#CC1OP(=O)(O)OC1CC. The summed E-state index contributed by atoms with van der Waals surface area (Å²) in [5.74, 6) is 2.24. The van der Waals surface area contributed by atoms with Gasteiger partial charge in [0.1, 0.15) is 6.10 Å². The summed E-state index contributed by atoms with van der Waals surface area (Å²) < 4.78 is 20.0. The van der Waals surface area contributed by atoms with E-state index >= 15 is 0 Å². The highest BCUT2D eigenvalue weighted by atomic mass is 31.2. The number of hydrogen-bond donors (Lipinski definition) is 1. The third-order valence-electron chi connectivity index (χ3n) is 1.42. The van der Waals surface area contributed by atoms with E-state index in [0.29, 0.717) is 6.42 Å². The highest BCUT2D eigenvalue weighted by Crippen LogP contribution is 2.52. The van der Waals surface area contributed by atoms with Gasteiger partial charge in [-0.1, -0.05) is 12.8 Å². The minimum atomic E-state index is -3.83. The summed E-state index contributed by atoms with van der Waals surface area (Å²) in [6.45, 7) is 1.81. The molecule has 1 heterocycles. The van der Waals surface area contributed by atoms with Gasteiger partial charge in [0.25, 0.3) is 0 Å². The molecule has 5 heteroatoms. The van der Waals surface area contributed by atoms with Crippen LogP contribution < -0.4 is 0 Å². The lowest BCUT2D eigenvalue weighted by Gasteiger charge is -2.05. The molecule has 0 radical (unpaired) electrons. The predicted octanol–water partition coefficient (Wildman–Crippen LogP) is 0.914. The van der Waals surface area contributed by atoms with E-state index in [1.165, 1.54) is 0 Å². The average molecular weight is 176 g/mol. The van der Waals surface area contributed by atoms with Crippen molar-refractivity contribution in [1.82, 2.24) is 0 Å². The molecule has 11 heavy (non-hydrogen) atoms. The summed E-state index contributed by atoms with van der Waals surface area (Å²) in [4.78, 5) is 8.81. The molecule has 3 unspecified atom stereocenters. The van der Waals surface area contributed by atoms with Crippen molar-refractivity contribution in [3.05, 3.63) is 0 Å². The molecule has 1 fully saturated rings. The van der Waals surface area contributed by atoms with E-state index in [-0.39, 0.29) is 0 Å². The van der Waals surface area contributed by atoms with Crippen LogP contribution in [0.3, 0.4) is 0 Å². The van der Waals surface area contributed by atoms with Crippen LogP contribution >= 0.6 is 7.82 Å². The molecular weight excluding hydrogens is 167 g/mol. The second kappa shape index (κ2) is 2.96. The van der Waals surface area contributed by atoms with Gasteiger partial charge in [-0.3, -0.25) is 9.05 Å². The lowest BCUT2D eigenvalue weighted by atomic mass is 10.2. The molecular formula is C6H9O4P. The Hall–Kier alpha value is -0.330. The summed E-state index contributed by atoms with van der Waals surface area (Å²) in [5, 5.41) is 0. The first kappa shape index (κ1) is 8.76. The van der Waals surface area contributed by atoms with Crippen LogP contribution in [-0.4, -0.2) is 17.1 Å². The zero-order valence-corrected chi connectivity index (χ0v) is 6.95. The standard InChI is InChI=1S/C6H9O4P/c1-3-5-6(4-2)10-11(7,8)9-5/h1,5-6H,4H2,2H3,(H,7,8). The Morgan fingerprint density at radius 1 is 1.73 bits per heavy atom. The molecule has 0 saturated carbocycles. The highest BCUT2D eigenvalue weighted by molar-refractivity contribution is 7.47. The summed E-state index contributed by atoms with van der Waals surface area (Å²) in [5.41, 5.74) is 0. The second-order valence-electron chi connectivity index (χ2n) is 2.21. The minimum absolute atomic E-state index is 0.448. The normalized spacial score (nSPS) is 43.7. The van der Waals surface area contributed by atoms with Crippen molar-refractivity contribution in [3.8, 4) is 12.3 Å². The fourth-order valence-corrected chi connectivity index (χ4v) is 2.02.